The SMILES string of the molecule is CC(C)c1ccc(CC(O)(CCCl)c2ccccc2)cc1. The highest BCUT2D eigenvalue weighted by Gasteiger charge is 2.28. The first-order valence-electron chi connectivity index (χ1n) is 7.48. The maximum Gasteiger partial charge on any atom is 0.0948 e. The van der Waals surface area contributed by atoms with Gasteiger partial charge in [0.2, 0.25) is 0 Å². The van der Waals surface area contributed by atoms with Crippen molar-refractivity contribution in [2.75, 3.05) is 5.88 Å². The lowest BCUT2D eigenvalue weighted by Crippen LogP contribution is -2.29. The van der Waals surface area contributed by atoms with Crippen molar-refractivity contribution < 1.29 is 5.11 Å². The summed E-state index contributed by atoms with van der Waals surface area (Å²) in [5.74, 6) is 0.963. The standard InChI is InChI=1S/C19H23ClO/c1-15(2)17-10-8-16(9-11-17)14-19(21,12-13-20)18-6-4-3-5-7-18/h3-11,15,21H,12-14H2,1-2H3. The summed E-state index contributed by atoms with van der Waals surface area (Å²) in [6.07, 6.45) is 1.13. The highest BCUT2D eigenvalue weighted by molar-refractivity contribution is 6.17. The summed E-state index contributed by atoms with van der Waals surface area (Å²) in [6, 6.07) is 18.3. The van der Waals surface area contributed by atoms with Crippen LogP contribution in [0.25, 0.3) is 0 Å². The van der Waals surface area contributed by atoms with Gasteiger partial charge in [0.1, 0.15) is 0 Å². The lowest BCUT2D eigenvalue weighted by Gasteiger charge is -2.28. The van der Waals surface area contributed by atoms with Crippen LogP contribution in [-0.2, 0) is 12.0 Å². The van der Waals surface area contributed by atoms with Crippen molar-refractivity contribution in [3.63, 3.8) is 0 Å². The number of aliphatic hydroxyl groups is 1. The minimum atomic E-state index is -0.900. The maximum atomic E-state index is 11.0. The molecule has 2 rings (SSSR count). The first-order valence-corrected chi connectivity index (χ1v) is 8.01. The molecule has 0 spiro atoms. The Hall–Kier alpha value is -1.31. The number of hydrogen-bond donors (Lipinski definition) is 1. The molecular formula is C19H23ClO. The smallest absolute Gasteiger partial charge is 0.0948 e. The molecular weight excluding hydrogens is 280 g/mol. The fourth-order valence-electron chi connectivity index (χ4n) is 2.60. The summed E-state index contributed by atoms with van der Waals surface area (Å²) in [5.41, 5.74) is 2.48. The second-order valence-corrected chi connectivity index (χ2v) is 6.29. The Bertz CT molecular complexity index is 548. The van der Waals surface area contributed by atoms with Gasteiger partial charge in [-0.05, 0) is 29.0 Å². The molecule has 0 amide bonds. The zero-order valence-electron chi connectivity index (χ0n) is 12.7. The third kappa shape index (κ3) is 4.09. The van der Waals surface area contributed by atoms with Crippen molar-refractivity contribution >= 4 is 11.6 Å². The van der Waals surface area contributed by atoms with Crippen LogP contribution in [0.2, 0.25) is 0 Å². The average molecular weight is 303 g/mol. The van der Waals surface area contributed by atoms with Crippen molar-refractivity contribution in [3.05, 3.63) is 71.3 Å². The minimum absolute atomic E-state index is 0.440. The fourth-order valence-corrected chi connectivity index (χ4v) is 2.91. The van der Waals surface area contributed by atoms with Crippen molar-refractivity contribution in [2.45, 2.75) is 38.2 Å². The van der Waals surface area contributed by atoms with Gasteiger partial charge in [-0.3, -0.25) is 0 Å². The molecule has 0 radical (unpaired) electrons. The molecule has 1 N–H and O–H groups in total. The third-order valence-corrected chi connectivity index (χ3v) is 4.15. The van der Waals surface area contributed by atoms with Crippen LogP contribution in [0.3, 0.4) is 0 Å². The van der Waals surface area contributed by atoms with Crippen LogP contribution in [0.1, 0.15) is 42.9 Å². The number of benzene rings is 2. The number of rotatable bonds is 6. The molecule has 0 heterocycles. The summed E-state index contributed by atoms with van der Waals surface area (Å²) in [7, 11) is 0. The average Bonchev–Trinajstić information content (AvgIpc) is 2.49. The molecule has 1 atom stereocenters. The number of hydrogen-bond acceptors (Lipinski definition) is 1. The molecule has 0 aliphatic rings. The first kappa shape index (κ1) is 16.1. The van der Waals surface area contributed by atoms with Crippen LogP contribution < -0.4 is 0 Å². The van der Waals surface area contributed by atoms with Gasteiger partial charge >= 0.3 is 0 Å². The van der Waals surface area contributed by atoms with E-state index >= 15 is 0 Å². The Labute approximate surface area is 132 Å². The quantitative estimate of drug-likeness (QED) is 0.755. The molecule has 0 aromatic heterocycles. The lowest BCUT2D eigenvalue weighted by molar-refractivity contribution is 0.0336. The molecule has 0 saturated heterocycles. The molecule has 21 heavy (non-hydrogen) atoms. The van der Waals surface area contributed by atoms with Gasteiger partial charge in [0.15, 0.2) is 0 Å². The second kappa shape index (κ2) is 7.11. The van der Waals surface area contributed by atoms with Crippen LogP contribution in [0.4, 0.5) is 0 Å². The highest BCUT2D eigenvalue weighted by atomic mass is 35.5. The van der Waals surface area contributed by atoms with Gasteiger partial charge in [0.05, 0.1) is 5.60 Å². The van der Waals surface area contributed by atoms with E-state index < -0.39 is 5.60 Å². The Morgan fingerprint density at radius 2 is 1.62 bits per heavy atom. The Kier molecular flexibility index (Phi) is 5.44. The predicted octanol–water partition coefficient (Wildman–Crippen LogP) is 4.87. The van der Waals surface area contributed by atoms with E-state index in [0.717, 1.165) is 11.1 Å². The van der Waals surface area contributed by atoms with E-state index in [4.69, 9.17) is 11.6 Å². The molecule has 1 unspecified atom stereocenters. The summed E-state index contributed by atoms with van der Waals surface area (Å²) in [5, 5.41) is 11.0. The van der Waals surface area contributed by atoms with Crippen LogP contribution in [0, 0.1) is 0 Å². The first-order chi connectivity index (χ1) is 10.0. The summed E-state index contributed by atoms with van der Waals surface area (Å²) < 4.78 is 0. The van der Waals surface area contributed by atoms with Gasteiger partial charge in [-0.25, -0.2) is 0 Å². The molecule has 0 bridgehead atoms. The fraction of sp³-hybridized carbons (Fsp3) is 0.368. The third-order valence-electron chi connectivity index (χ3n) is 3.96. The van der Waals surface area contributed by atoms with Gasteiger partial charge < -0.3 is 5.11 Å². The molecule has 112 valence electrons. The Balaban J connectivity index is 2.23. The number of halogens is 1. The number of alkyl halides is 1. The van der Waals surface area contributed by atoms with Crippen molar-refractivity contribution in [1.29, 1.82) is 0 Å². The molecule has 0 aliphatic carbocycles. The summed E-state index contributed by atoms with van der Waals surface area (Å²) >= 11 is 5.91. The van der Waals surface area contributed by atoms with Gasteiger partial charge in [-0.2, -0.15) is 0 Å². The van der Waals surface area contributed by atoms with Gasteiger partial charge in [-0.15, -0.1) is 11.6 Å². The normalized spacial score (nSPS) is 14.1. The van der Waals surface area contributed by atoms with Gasteiger partial charge in [0, 0.05) is 12.3 Å². The predicted molar refractivity (Wildman–Crippen MR) is 89.9 cm³/mol. The molecule has 2 aromatic carbocycles. The Morgan fingerprint density at radius 1 is 1.00 bits per heavy atom. The van der Waals surface area contributed by atoms with Gasteiger partial charge in [0.25, 0.3) is 0 Å². The van der Waals surface area contributed by atoms with Crippen molar-refractivity contribution in [3.8, 4) is 0 Å². The monoisotopic (exact) mass is 302 g/mol. The minimum Gasteiger partial charge on any atom is -0.385 e. The summed E-state index contributed by atoms with van der Waals surface area (Å²) in [6.45, 7) is 4.37. The lowest BCUT2D eigenvalue weighted by atomic mass is 9.84. The zero-order valence-corrected chi connectivity index (χ0v) is 13.5. The summed E-state index contributed by atoms with van der Waals surface area (Å²) in [4.78, 5) is 0. The largest absolute Gasteiger partial charge is 0.385 e. The van der Waals surface area contributed by atoms with Crippen molar-refractivity contribution in [2.24, 2.45) is 0 Å². The van der Waals surface area contributed by atoms with E-state index in [0.29, 0.717) is 24.6 Å². The maximum absolute atomic E-state index is 11.0. The highest BCUT2D eigenvalue weighted by Crippen LogP contribution is 2.30. The molecule has 2 heteroatoms. The molecule has 1 nitrogen and oxygen atoms in total. The molecule has 0 saturated carbocycles. The van der Waals surface area contributed by atoms with Gasteiger partial charge in [-0.1, -0.05) is 68.4 Å². The van der Waals surface area contributed by atoms with Crippen LogP contribution in [-0.4, -0.2) is 11.0 Å². The van der Waals surface area contributed by atoms with Crippen LogP contribution in [0.15, 0.2) is 54.6 Å². The van der Waals surface area contributed by atoms with E-state index in [1.165, 1.54) is 5.56 Å². The molecule has 2 aromatic rings. The van der Waals surface area contributed by atoms with Crippen LogP contribution in [0.5, 0.6) is 0 Å². The molecule has 0 fully saturated rings. The van der Waals surface area contributed by atoms with E-state index in [9.17, 15) is 5.11 Å². The van der Waals surface area contributed by atoms with E-state index in [1.54, 1.807) is 0 Å². The Morgan fingerprint density at radius 3 is 2.14 bits per heavy atom. The van der Waals surface area contributed by atoms with E-state index in [-0.39, 0.29) is 0 Å². The van der Waals surface area contributed by atoms with E-state index in [2.05, 4.69) is 38.1 Å². The van der Waals surface area contributed by atoms with E-state index in [1.807, 2.05) is 30.3 Å². The second-order valence-electron chi connectivity index (χ2n) is 5.91. The topological polar surface area (TPSA) is 20.2 Å². The van der Waals surface area contributed by atoms with Crippen LogP contribution >= 0.6 is 11.6 Å². The van der Waals surface area contributed by atoms with Crippen molar-refractivity contribution in [1.82, 2.24) is 0 Å². The molecule has 0 aliphatic heterocycles. The zero-order chi connectivity index (χ0) is 15.3.